The van der Waals surface area contributed by atoms with Crippen LogP contribution >= 0.6 is 0 Å². The molecular weight excluding hydrogens is 410 g/mol. The molecule has 1 heterocycles. The molecular formula is C24H31N3O5. The molecule has 0 radical (unpaired) electrons. The highest BCUT2D eigenvalue weighted by molar-refractivity contribution is 6.17. The number of carbonyl (C=O) groups excluding carboxylic acids is 2. The molecule has 0 bridgehead atoms. The molecule has 1 aliphatic rings. The van der Waals surface area contributed by atoms with Gasteiger partial charge in [0.2, 0.25) is 0 Å². The fourth-order valence-electron chi connectivity index (χ4n) is 3.62. The molecule has 2 unspecified atom stereocenters. The summed E-state index contributed by atoms with van der Waals surface area (Å²) in [5, 5.41) is 8.96. The first-order valence-corrected chi connectivity index (χ1v) is 10.8. The summed E-state index contributed by atoms with van der Waals surface area (Å²) < 4.78 is 15.3. The van der Waals surface area contributed by atoms with Gasteiger partial charge in [-0.3, -0.25) is 4.79 Å². The summed E-state index contributed by atoms with van der Waals surface area (Å²) in [6, 6.07) is 7.49. The first-order valence-electron chi connectivity index (χ1n) is 10.8. The van der Waals surface area contributed by atoms with Crippen LogP contribution in [0.15, 0.2) is 42.5 Å². The molecule has 0 fully saturated rings. The third-order valence-electron chi connectivity index (χ3n) is 5.38. The maximum atomic E-state index is 13.3. The number of Topliss-reactive ketones (excluding diaryl/α,β-unsaturated/α-hetero) is 1. The monoisotopic (exact) mass is 441 g/mol. The number of esters is 1. The Kier molecular flexibility index (Phi) is 7.93. The van der Waals surface area contributed by atoms with Crippen LogP contribution in [0.4, 0.5) is 0 Å². The third-order valence-corrected chi connectivity index (χ3v) is 5.38. The van der Waals surface area contributed by atoms with Gasteiger partial charge in [0.25, 0.3) is 0 Å². The summed E-state index contributed by atoms with van der Waals surface area (Å²) in [4.78, 5) is 26.8. The minimum atomic E-state index is -0.442. The number of hydrogen-bond donors (Lipinski definition) is 0. The van der Waals surface area contributed by atoms with E-state index in [0.29, 0.717) is 31.9 Å². The van der Waals surface area contributed by atoms with Crippen molar-refractivity contribution in [2.24, 2.45) is 17.3 Å². The molecule has 0 saturated carbocycles. The van der Waals surface area contributed by atoms with Gasteiger partial charge in [0.05, 0.1) is 19.8 Å². The Morgan fingerprint density at radius 3 is 2.41 bits per heavy atom. The summed E-state index contributed by atoms with van der Waals surface area (Å²) in [5.74, 6) is -0.774. The number of methoxy groups -OCH3 is 1. The zero-order valence-corrected chi connectivity index (χ0v) is 19.1. The molecule has 172 valence electrons. The zero-order valence-electron chi connectivity index (χ0n) is 19.1. The minimum absolute atomic E-state index is 0.0123. The van der Waals surface area contributed by atoms with Crippen LogP contribution in [0, 0.1) is 17.3 Å². The number of carbonyl (C=O) groups is 2. The van der Waals surface area contributed by atoms with Gasteiger partial charge in [-0.15, -0.1) is 15.0 Å². The van der Waals surface area contributed by atoms with Crippen molar-refractivity contribution < 1.29 is 23.8 Å². The fourth-order valence-corrected chi connectivity index (χ4v) is 3.62. The van der Waals surface area contributed by atoms with Crippen LogP contribution in [-0.2, 0) is 23.8 Å². The number of fused-ring (bicyclic) bond motifs is 1. The summed E-state index contributed by atoms with van der Waals surface area (Å²) in [6.07, 6.45) is 5.64. The highest BCUT2D eigenvalue weighted by Gasteiger charge is 2.38. The third kappa shape index (κ3) is 6.11. The molecule has 32 heavy (non-hydrogen) atoms. The number of rotatable bonds is 9. The van der Waals surface area contributed by atoms with Crippen molar-refractivity contribution in [3.8, 4) is 0 Å². The summed E-state index contributed by atoms with van der Waals surface area (Å²) >= 11 is 0. The van der Waals surface area contributed by atoms with Gasteiger partial charge in [0.1, 0.15) is 23.3 Å². The predicted molar refractivity (Wildman–Crippen MR) is 121 cm³/mol. The van der Waals surface area contributed by atoms with Crippen LogP contribution in [0.25, 0.3) is 16.7 Å². The average Bonchev–Trinajstić information content (AvgIpc) is 3.18. The number of hydrogen-bond acceptors (Lipinski definition) is 7. The molecule has 1 aromatic carbocycles. The Bertz CT molecular complexity index is 969. The Balaban J connectivity index is 1.73. The molecule has 0 N–H and O–H groups in total. The van der Waals surface area contributed by atoms with E-state index in [2.05, 4.69) is 10.2 Å². The van der Waals surface area contributed by atoms with E-state index in [1.54, 1.807) is 13.2 Å². The van der Waals surface area contributed by atoms with Gasteiger partial charge < -0.3 is 14.2 Å². The van der Waals surface area contributed by atoms with E-state index in [9.17, 15) is 9.59 Å². The highest BCUT2D eigenvalue weighted by atomic mass is 16.6. The lowest BCUT2D eigenvalue weighted by Gasteiger charge is -2.34. The first kappa shape index (κ1) is 23.8. The van der Waals surface area contributed by atoms with Crippen molar-refractivity contribution in [2.45, 2.75) is 27.2 Å². The quantitative estimate of drug-likeness (QED) is 0.335. The number of ether oxygens (including phenoxy) is 3. The van der Waals surface area contributed by atoms with Crippen molar-refractivity contribution in [3.05, 3.63) is 42.5 Å². The second kappa shape index (κ2) is 10.7. The average molecular weight is 442 g/mol. The van der Waals surface area contributed by atoms with E-state index >= 15 is 0 Å². The van der Waals surface area contributed by atoms with E-state index in [1.165, 1.54) is 10.9 Å². The Morgan fingerprint density at radius 2 is 1.78 bits per heavy atom. The molecule has 0 spiro atoms. The molecule has 8 heteroatoms. The number of nitrogens with zero attached hydrogens (tertiary/aromatic N) is 3. The fraction of sp³-hybridized carbons (Fsp3) is 0.500. The van der Waals surface area contributed by atoms with E-state index in [4.69, 9.17) is 14.2 Å². The summed E-state index contributed by atoms with van der Waals surface area (Å²) in [7, 11) is 1.60. The number of aromatic nitrogens is 3. The van der Waals surface area contributed by atoms with Gasteiger partial charge in [0, 0.05) is 19.1 Å². The SMILES string of the molecule is COCCOCCOC(=O)C=CC1C=C(n2nc3ccccc3n2)C(=O)C(C(C)(C)C)C1. The van der Waals surface area contributed by atoms with E-state index < -0.39 is 5.97 Å². The lowest BCUT2D eigenvalue weighted by molar-refractivity contribution is -0.139. The van der Waals surface area contributed by atoms with Crippen molar-refractivity contribution >= 4 is 28.5 Å². The number of ketones is 1. The van der Waals surface area contributed by atoms with Gasteiger partial charge in [-0.25, -0.2) is 4.79 Å². The molecule has 8 nitrogen and oxygen atoms in total. The molecule has 3 rings (SSSR count). The molecule has 0 amide bonds. The Morgan fingerprint density at radius 1 is 1.12 bits per heavy atom. The minimum Gasteiger partial charge on any atom is -0.460 e. The lowest BCUT2D eigenvalue weighted by Crippen LogP contribution is -2.35. The summed E-state index contributed by atoms with van der Waals surface area (Å²) in [5.41, 5.74) is 1.64. The normalized spacial score (nSPS) is 19.5. The van der Waals surface area contributed by atoms with Crippen LogP contribution in [-0.4, -0.2) is 60.3 Å². The Hall–Kier alpha value is -2.84. The highest BCUT2D eigenvalue weighted by Crippen LogP contribution is 2.39. The predicted octanol–water partition coefficient (Wildman–Crippen LogP) is 3.29. The van der Waals surface area contributed by atoms with Gasteiger partial charge in [-0.1, -0.05) is 39.0 Å². The molecule has 2 atom stereocenters. The van der Waals surface area contributed by atoms with Crippen LogP contribution in [0.3, 0.4) is 0 Å². The molecule has 2 aromatic rings. The van der Waals surface area contributed by atoms with E-state index in [1.807, 2.05) is 51.1 Å². The van der Waals surface area contributed by atoms with Crippen LogP contribution in [0.1, 0.15) is 27.2 Å². The maximum Gasteiger partial charge on any atom is 0.330 e. The van der Waals surface area contributed by atoms with E-state index in [-0.39, 0.29) is 29.6 Å². The van der Waals surface area contributed by atoms with Crippen molar-refractivity contribution in [1.29, 1.82) is 0 Å². The largest absolute Gasteiger partial charge is 0.460 e. The second-order valence-corrected chi connectivity index (χ2v) is 8.84. The van der Waals surface area contributed by atoms with Crippen molar-refractivity contribution in [1.82, 2.24) is 15.0 Å². The van der Waals surface area contributed by atoms with Gasteiger partial charge in [-0.2, -0.15) is 0 Å². The zero-order chi connectivity index (χ0) is 23.1. The topological polar surface area (TPSA) is 92.5 Å². The van der Waals surface area contributed by atoms with Crippen LogP contribution < -0.4 is 0 Å². The molecule has 1 aromatic heterocycles. The maximum absolute atomic E-state index is 13.3. The number of allylic oxidation sites excluding steroid dienone is 3. The van der Waals surface area contributed by atoms with Gasteiger partial charge >= 0.3 is 5.97 Å². The molecule has 0 saturated heterocycles. The lowest BCUT2D eigenvalue weighted by atomic mass is 9.70. The van der Waals surface area contributed by atoms with E-state index in [0.717, 1.165) is 11.0 Å². The van der Waals surface area contributed by atoms with Gasteiger partial charge in [-0.05, 0) is 36.0 Å². The van der Waals surface area contributed by atoms with Crippen molar-refractivity contribution in [3.63, 3.8) is 0 Å². The molecule has 1 aliphatic carbocycles. The molecule has 0 aliphatic heterocycles. The van der Waals surface area contributed by atoms with Crippen LogP contribution in [0.2, 0.25) is 0 Å². The van der Waals surface area contributed by atoms with Crippen LogP contribution in [0.5, 0.6) is 0 Å². The van der Waals surface area contributed by atoms with Crippen molar-refractivity contribution in [2.75, 3.05) is 33.5 Å². The first-order chi connectivity index (χ1) is 15.3. The van der Waals surface area contributed by atoms with Gasteiger partial charge in [0.15, 0.2) is 5.78 Å². The Labute approximate surface area is 188 Å². The number of benzene rings is 1. The summed E-state index contributed by atoms with van der Waals surface area (Å²) in [6.45, 7) is 7.58. The standard InChI is InChI=1S/C24H31N3O5/c1-24(2,3)18-15-17(9-10-22(28)32-14-13-31-12-11-30-4)16-21(23(18)29)27-25-19-7-5-6-8-20(19)26-27/h5-10,16-18H,11-15H2,1-4H3. The smallest absolute Gasteiger partial charge is 0.330 e. The second-order valence-electron chi connectivity index (χ2n) is 8.84.